The number of rotatable bonds is 4. The molecule has 2 atom stereocenters. The highest BCUT2D eigenvalue weighted by Gasteiger charge is 2.34. The Morgan fingerprint density at radius 2 is 2.05 bits per heavy atom. The highest BCUT2D eigenvalue weighted by molar-refractivity contribution is 7.89. The predicted molar refractivity (Wildman–Crippen MR) is 77.7 cm³/mol. The molecule has 0 aromatic carbocycles. The second-order valence-electron chi connectivity index (χ2n) is 5.69. The second-order valence-corrected chi connectivity index (χ2v) is 7.65. The molecular weight excluding hydrogens is 276 g/mol. The average molecular weight is 300 g/mol. The Kier molecular flexibility index (Phi) is 4.56. The number of aryl methyl sites for hydroxylation is 1. The van der Waals surface area contributed by atoms with E-state index < -0.39 is 10.0 Å². The maximum atomic E-state index is 12.8. The standard InChI is InChI=1S/C14H24N2O3S/c1-10-6-4-5-7-13(10)16(3)20(17,18)14-8-12(9-15)19-11(14)2/h8,10,13H,4-7,9,15H2,1-3H3. The smallest absolute Gasteiger partial charge is 0.246 e. The molecule has 1 aliphatic carbocycles. The lowest BCUT2D eigenvalue weighted by atomic mass is 9.86. The summed E-state index contributed by atoms with van der Waals surface area (Å²) in [4.78, 5) is 0.248. The molecule has 0 radical (unpaired) electrons. The number of sulfonamides is 1. The summed E-state index contributed by atoms with van der Waals surface area (Å²) >= 11 is 0. The lowest BCUT2D eigenvalue weighted by Gasteiger charge is -2.35. The first-order valence-corrected chi connectivity index (χ1v) is 8.59. The van der Waals surface area contributed by atoms with Crippen LogP contribution in [0.25, 0.3) is 0 Å². The van der Waals surface area contributed by atoms with Gasteiger partial charge in [0.1, 0.15) is 16.4 Å². The normalized spacial score (nSPS) is 24.2. The molecule has 20 heavy (non-hydrogen) atoms. The molecule has 0 spiro atoms. The number of hydrogen-bond donors (Lipinski definition) is 1. The third-order valence-electron chi connectivity index (χ3n) is 4.31. The molecule has 0 aliphatic heterocycles. The Labute approximate surface area is 121 Å². The van der Waals surface area contributed by atoms with Gasteiger partial charge >= 0.3 is 0 Å². The average Bonchev–Trinajstić information content (AvgIpc) is 2.80. The third kappa shape index (κ3) is 2.77. The fourth-order valence-electron chi connectivity index (χ4n) is 3.05. The van der Waals surface area contributed by atoms with Crippen LogP contribution in [0.2, 0.25) is 0 Å². The Hall–Kier alpha value is -0.850. The van der Waals surface area contributed by atoms with Crippen LogP contribution < -0.4 is 5.73 Å². The van der Waals surface area contributed by atoms with Gasteiger partial charge < -0.3 is 10.2 Å². The number of nitrogens with two attached hydrogens (primary N) is 1. The Balaban J connectivity index is 2.31. The van der Waals surface area contributed by atoms with Crippen molar-refractivity contribution in [2.75, 3.05) is 7.05 Å². The van der Waals surface area contributed by atoms with Crippen LogP contribution in [-0.4, -0.2) is 25.8 Å². The van der Waals surface area contributed by atoms with E-state index in [4.69, 9.17) is 10.2 Å². The molecule has 1 saturated carbocycles. The molecule has 1 aliphatic rings. The molecule has 1 aromatic rings. The van der Waals surface area contributed by atoms with Crippen molar-refractivity contribution >= 4 is 10.0 Å². The lowest BCUT2D eigenvalue weighted by molar-refractivity contribution is 0.213. The highest BCUT2D eigenvalue weighted by Crippen LogP contribution is 2.32. The molecular formula is C14H24N2O3S. The van der Waals surface area contributed by atoms with E-state index in [2.05, 4.69) is 6.92 Å². The van der Waals surface area contributed by atoms with Crippen LogP contribution in [0.4, 0.5) is 0 Å². The van der Waals surface area contributed by atoms with E-state index in [1.165, 1.54) is 10.7 Å². The van der Waals surface area contributed by atoms with Gasteiger partial charge in [0.15, 0.2) is 0 Å². The largest absolute Gasteiger partial charge is 0.464 e. The molecule has 2 unspecified atom stereocenters. The summed E-state index contributed by atoms with van der Waals surface area (Å²) in [5, 5.41) is 0. The van der Waals surface area contributed by atoms with Crippen molar-refractivity contribution in [1.82, 2.24) is 4.31 Å². The van der Waals surface area contributed by atoms with Gasteiger partial charge in [-0.3, -0.25) is 0 Å². The Morgan fingerprint density at radius 3 is 2.60 bits per heavy atom. The number of nitrogens with zero attached hydrogens (tertiary/aromatic N) is 1. The summed E-state index contributed by atoms with van der Waals surface area (Å²) < 4.78 is 32.4. The lowest BCUT2D eigenvalue weighted by Crippen LogP contribution is -2.42. The topological polar surface area (TPSA) is 76.5 Å². The minimum atomic E-state index is -3.51. The molecule has 2 rings (SSSR count). The molecule has 5 nitrogen and oxygen atoms in total. The highest BCUT2D eigenvalue weighted by atomic mass is 32.2. The van der Waals surface area contributed by atoms with Crippen LogP contribution in [0.15, 0.2) is 15.4 Å². The van der Waals surface area contributed by atoms with Crippen molar-refractivity contribution in [3.8, 4) is 0 Å². The molecule has 0 amide bonds. The van der Waals surface area contributed by atoms with Gasteiger partial charge in [-0.15, -0.1) is 0 Å². The van der Waals surface area contributed by atoms with Crippen LogP contribution in [0.1, 0.15) is 44.1 Å². The molecule has 0 bridgehead atoms. The van der Waals surface area contributed by atoms with Crippen LogP contribution in [-0.2, 0) is 16.6 Å². The minimum Gasteiger partial charge on any atom is -0.464 e. The summed E-state index contributed by atoms with van der Waals surface area (Å²) in [7, 11) is -1.83. The molecule has 6 heteroatoms. The van der Waals surface area contributed by atoms with Crippen LogP contribution in [0.5, 0.6) is 0 Å². The van der Waals surface area contributed by atoms with Gasteiger partial charge in [0.25, 0.3) is 0 Å². The molecule has 1 aromatic heterocycles. The van der Waals surface area contributed by atoms with Gasteiger partial charge in [-0.05, 0) is 25.7 Å². The van der Waals surface area contributed by atoms with E-state index in [0.29, 0.717) is 17.4 Å². The van der Waals surface area contributed by atoms with Gasteiger partial charge in [-0.1, -0.05) is 19.8 Å². The SMILES string of the molecule is Cc1oc(CN)cc1S(=O)(=O)N(C)C1CCCCC1C. The van der Waals surface area contributed by atoms with E-state index >= 15 is 0 Å². The van der Waals surface area contributed by atoms with Gasteiger partial charge in [0, 0.05) is 19.2 Å². The fraction of sp³-hybridized carbons (Fsp3) is 0.714. The van der Waals surface area contributed by atoms with Crippen molar-refractivity contribution in [1.29, 1.82) is 0 Å². The van der Waals surface area contributed by atoms with Crippen molar-refractivity contribution < 1.29 is 12.8 Å². The molecule has 114 valence electrons. The van der Waals surface area contributed by atoms with Crippen molar-refractivity contribution in [3.05, 3.63) is 17.6 Å². The van der Waals surface area contributed by atoms with Crippen LogP contribution in [0.3, 0.4) is 0 Å². The van der Waals surface area contributed by atoms with Crippen molar-refractivity contribution in [2.45, 2.75) is 57.0 Å². The molecule has 1 fully saturated rings. The zero-order valence-corrected chi connectivity index (χ0v) is 13.2. The molecule has 2 N–H and O–H groups in total. The second kappa shape index (κ2) is 5.87. The Morgan fingerprint density at radius 1 is 1.40 bits per heavy atom. The summed E-state index contributed by atoms with van der Waals surface area (Å²) in [5.74, 6) is 1.32. The van der Waals surface area contributed by atoms with E-state index in [1.807, 2.05) is 0 Å². The quantitative estimate of drug-likeness (QED) is 0.925. The maximum absolute atomic E-state index is 12.8. The van der Waals surface area contributed by atoms with E-state index in [9.17, 15) is 8.42 Å². The molecule has 1 heterocycles. The fourth-order valence-corrected chi connectivity index (χ4v) is 4.72. The summed E-state index contributed by atoms with van der Waals surface area (Å²) in [6.45, 7) is 4.01. The monoisotopic (exact) mass is 300 g/mol. The summed E-state index contributed by atoms with van der Waals surface area (Å²) in [6, 6.07) is 1.62. The zero-order valence-electron chi connectivity index (χ0n) is 12.4. The van der Waals surface area contributed by atoms with E-state index in [0.717, 1.165) is 19.3 Å². The maximum Gasteiger partial charge on any atom is 0.246 e. The molecule has 0 saturated heterocycles. The van der Waals surface area contributed by atoms with Gasteiger partial charge in [0.05, 0.1) is 6.54 Å². The zero-order chi connectivity index (χ0) is 14.9. The number of furan rings is 1. The minimum absolute atomic E-state index is 0.0735. The first-order valence-electron chi connectivity index (χ1n) is 7.15. The third-order valence-corrected chi connectivity index (χ3v) is 6.30. The van der Waals surface area contributed by atoms with Crippen LogP contribution >= 0.6 is 0 Å². The predicted octanol–water partition coefficient (Wildman–Crippen LogP) is 2.25. The first-order chi connectivity index (χ1) is 9.37. The van der Waals surface area contributed by atoms with Crippen molar-refractivity contribution in [2.24, 2.45) is 11.7 Å². The Bertz CT molecular complexity index is 565. The first kappa shape index (κ1) is 15.5. The van der Waals surface area contributed by atoms with Gasteiger partial charge in [-0.25, -0.2) is 8.42 Å². The summed E-state index contributed by atoms with van der Waals surface area (Å²) in [5.41, 5.74) is 5.51. The van der Waals surface area contributed by atoms with Crippen LogP contribution in [0, 0.1) is 12.8 Å². The number of hydrogen-bond acceptors (Lipinski definition) is 4. The van der Waals surface area contributed by atoms with Crippen molar-refractivity contribution in [3.63, 3.8) is 0 Å². The summed E-state index contributed by atoms with van der Waals surface area (Å²) in [6.07, 6.45) is 4.29. The van der Waals surface area contributed by atoms with Gasteiger partial charge in [0.2, 0.25) is 10.0 Å². The van der Waals surface area contributed by atoms with E-state index in [1.54, 1.807) is 20.0 Å². The van der Waals surface area contributed by atoms with Gasteiger partial charge in [-0.2, -0.15) is 4.31 Å². The van der Waals surface area contributed by atoms with E-state index in [-0.39, 0.29) is 17.5 Å².